The average molecular weight is 275 g/mol. The van der Waals surface area contributed by atoms with E-state index < -0.39 is 0 Å². The molecule has 0 bridgehead atoms. The topological polar surface area (TPSA) is 64.1 Å². The van der Waals surface area contributed by atoms with E-state index in [9.17, 15) is 4.79 Å². The second-order valence-electron chi connectivity index (χ2n) is 5.52. The molecule has 1 aromatic heterocycles. The molecule has 0 aliphatic rings. The molecule has 0 aliphatic carbocycles. The molecule has 0 fully saturated rings. The van der Waals surface area contributed by atoms with Crippen molar-refractivity contribution in [3.8, 4) is 0 Å². The van der Waals surface area contributed by atoms with E-state index in [0.717, 1.165) is 11.0 Å². The number of para-hydroxylation sites is 1. The van der Waals surface area contributed by atoms with Gasteiger partial charge in [-0.2, -0.15) is 0 Å². The van der Waals surface area contributed by atoms with E-state index >= 15 is 0 Å². The highest BCUT2D eigenvalue weighted by atomic mass is 16.7. The quantitative estimate of drug-likeness (QED) is 0.502. The van der Waals surface area contributed by atoms with Gasteiger partial charge >= 0.3 is 0 Å². The van der Waals surface area contributed by atoms with Gasteiger partial charge in [-0.05, 0) is 12.1 Å². The molecule has 0 saturated heterocycles. The van der Waals surface area contributed by atoms with Gasteiger partial charge in [-0.3, -0.25) is 19.6 Å². The highest BCUT2D eigenvalue weighted by Gasteiger charge is 2.12. The number of benzene rings is 1. The first-order chi connectivity index (χ1) is 9.47. The van der Waals surface area contributed by atoms with Crippen LogP contribution in [0.3, 0.4) is 0 Å². The number of fused-ring (bicyclic) bond motifs is 1. The fourth-order valence-corrected chi connectivity index (χ4v) is 1.67. The van der Waals surface area contributed by atoms with Gasteiger partial charge in [0, 0.05) is 12.4 Å². The molecule has 106 valence electrons. The minimum absolute atomic E-state index is 0.308. The Balaban J connectivity index is 2.01. The summed E-state index contributed by atoms with van der Waals surface area (Å²) in [6.07, 6.45) is 3.17. The first-order valence-electron chi connectivity index (χ1n) is 6.40. The number of rotatable bonds is 5. The number of hydrogen-bond donors (Lipinski definition) is 1. The first kappa shape index (κ1) is 14.4. The van der Waals surface area contributed by atoms with Gasteiger partial charge in [0.1, 0.15) is 18.7 Å². The molecule has 2 aromatic rings. The number of carbonyl (C=O) groups excluding carboxylic acids is 1. The fraction of sp³-hybridized carbons (Fsp3) is 0.357. The number of hydroxylamine groups is 1. The lowest BCUT2D eigenvalue weighted by Crippen LogP contribution is -2.39. The van der Waals surface area contributed by atoms with Crippen LogP contribution in [0.2, 0.25) is 0 Å². The van der Waals surface area contributed by atoms with Crippen molar-refractivity contribution in [2.75, 3.05) is 34.3 Å². The van der Waals surface area contributed by atoms with Gasteiger partial charge in [-0.1, -0.05) is 6.07 Å². The Morgan fingerprint density at radius 2 is 2.00 bits per heavy atom. The van der Waals surface area contributed by atoms with Crippen LogP contribution in [-0.2, 0) is 4.84 Å². The summed E-state index contributed by atoms with van der Waals surface area (Å²) in [6.45, 7) is 1.25. The van der Waals surface area contributed by atoms with Crippen molar-refractivity contribution in [2.45, 2.75) is 0 Å². The van der Waals surface area contributed by atoms with E-state index in [1.165, 1.54) is 0 Å². The molecule has 1 amide bonds. The summed E-state index contributed by atoms with van der Waals surface area (Å²) in [7, 11) is 6.18. The molecular formula is C14H19N4O2+. The number of quaternary nitrogens is 1. The largest absolute Gasteiger partial charge is 0.329 e. The molecule has 1 heterocycles. The lowest BCUT2D eigenvalue weighted by molar-refractivity contribution is -0.870. The van der Waals surface area contributed by atoms with Crippen LogP contribution in [0, 0.1) is 0 Å². The molecular weight excluding hydrogens is 256 g/mol. The van der Waals surface area contributed by atoms with E-state index in [-0.39, 0.29) is 5.91 Å². The Morgan fingerprint density at radius 3 is 2.75 bits per heavy atom. The third kappa shape index (κ3) is 3.72. The van der Waals surface area contributed by atoms with Crippen molar-refractivity contribution in [3.05, 3.63) is 36.2 Å². The van der Waals surface area contributed by atoms with Gasteiger partial charge in [-0.25, -0.2) is 5.48 Å². The second kappa shape index (κ2) is 5.94. The molecule has 0 atom stereocenters. The minimum atomic E-state index is -0.308. The molecule has 6 heteroatoms. The molecule has 2 rings (SSSR count). The maximum Gasteiger partial charge on any atom is 0.277 e. The Kier molecular flexibility index (Phi) is 4.26. The summed E-state index contributed by atoms with van der Waals surface area (Å²) < 4.78 is 0.773. The van der Waals surface area contributed by atoms with Crippen LogP contribution in [0.4, 0.5) is 0 Å². The van der Waals surface area contributed by atoms with Crippen molar-refractivity contribution in [3.63, 3.8) is 0 Å². The monoisotopic (exact) mass is 275 g/mol. The van der Waals surface area contributed by atoms with Crippen molar-refractivity contribution >= 4 is 16.9 Å². The summed E-state index contributed by atoms with van der Waals surface area (Å²) >= 11 is 0. The van der Waals surface area contributed by atoms with E-state index in [1.807, 2.05) is 6.07 Å². The molecule has 0 aliphatic heterocycles. The van der Waals surface area contributed by atoms with Gasteiger partial charge in [0.25, 0.3) is 5.91 Å². The van der Waals surface area contributed by atoms with Crippen LogP contribution in [0.1, 0.15) is 10.4 Å². The number of carbonyl (C=O) groups is 1. The zero-order valence-corrected chi connectivity index (χ0v) is 12.0. The van der Waals surface area contributed by atoms with Crippen LogP contribution in [0.15, 0.2) is 30.6 Å². The van der Waals surface area contributed by atoms with Crippen molar-refractivity contribution < 1.29 is 14.1 Å². The van der Waals surface area contributed by atoms with Crippen molar-refractivity contribution in [1.29, 1.82) is 0 Å². The standard InChI is InChI=1S/C14H18N4O2/c1-18(2,3)9-10-20-17-14(19)11-5-4-6-12-13(11)16-8-7-15-12/h4-8H,9-10H2,1-3H3/p+1. The van der Waals surface area contributed by atoms with Gasteiger partial charge in [-0.15, -0.1) is 0 Å². The van der Waals surface area contributed by atoms with Crippen LogP contribution in [0.25, 0.3) is 11.0 Å². The predicted molar refractivity (Wildman–Crippen MR) is 75.9 cm³/mol. The first-order valence-corrected chi connectivity index (χ1v) is 6.40. The summed E-state index contributed by atoms with van der Waals surface area (Å²) in [5, 5.41) is 0. The second-order valence-corrected chi connectivity index (χ2v) is 5.52. The summed E-state index contributed by atoms with van der Waals surface area (Å²) in [6, 6.07) is 5.30. The number of likely N-dealkylation sites (N-methyl/N-ethyl adjacent to an activating group) is 1. The third-order valence-electron chi connectivity index (χ3n) is 2.77. The lowest BCUT2D eigenvalue weighted by Gasteiger charge is -2.23. The summed E-state index contributed by atoms with van der Waals surface area (Å²) in [5.74, 6) is -0.308. The highest BCUT2D eigenvalue weighted by Crippen LogP contribution is 2.13. The highest BCUT2D eigenvalue weighted by molar-refractivity contribution is 6.04. The molecule has 1 N–H and O–H groups in total. The third-order valence-corrected chi connectivity index (χ3v) is 2.77. The number of aromatic nitrogens is 2. The predicted octanol–water partition coefficient (Wildman–Crippen LogP) is 0.997. The molecule has 20 heavy (non-hydrogen) atoms. The Bertz CT molecular complexity index is 602. The summed E-state index contributed by atoms with van der Waals surface area (Å²) in [5.41, 5.74) is 4.16. The number of hydrogen-bond acceptors (Lipinski definition) is 4. The Morgan fingerprint density at radius 1 is 1.25 bits per heavy atom. The number of nitrogens with one attached hydrogen (secondary N) is 1. The molecule has 0 saturated carbocycles. The zero-order valence-electron chi connectivity index (χ0n) is 12.0. The summed E-state index contributed by atoms with van der Waals surface area (Å²) in [4.78, 5) is 25.6. The van der Waals surface area contributed by atoms with Crippen LogP contribution in [0.5, 0.6) is 0 Å². The van der Waals surface area contributed by atoms with E-state index in [2.05, 4.69) is 36.6 Å². The normalized spacial score (nSPS) is 11.6. The van der Waals surface area contributed by atoms with E-state index in [1.54, 1.807) is 24.5 Å². The minimum Gasteiger partial charge on any atom is -0.329 e. The molecule has 0 unspecified atom stereocenters. The fourth-order valence-electron chi connectivity index (χ4n) is 1.67. The number of nitrogens with zero attached hydrogens (tertiary/aromatic N) is 3. The number of amides is 1. The molecule has 6 nitrogen and oxygen atoms in total. The van der Waals surface area contributed by atoms with Crippen molar-refractivity contribution in [1.82, 2.24) is 15.4 Å². The van der Waals surface area contributed by atoms with Crippen LogP contribution < -0.4 is 5.48 Å². The smallest absolute Gasteiger partial charge is 0.277 e. The van der Waals surface area contributed by atoms with Gasteiger partial charge in [0.2, 0.25) is 0 Å². The Hall–Kier alpha value is -2.05. The molecule has 0 spiro atoms. The molecule has 0 radical (unpaired) electrons. The van der Waals surface area contributed by atoms with Crippen molar-refractivity contribution in [2.24, 2.45) is 0 Å². The van der Waals surface area contributed by atoms with Gasteiger partial charge < -0.3 is 4.48 Å². The maximum absolute atomic E-state index is 12.1. The van der Waals surface area contributed by atoms with Crippen LogP contribution in [-0.4, -0.2) is 54.7 Å². The van der Waals surface area contributed by atoms with E-state index in [4.69, 9.17) is 4.84 Å². The lowest BCUT2D eigenvalue weighted by atomic mass is 10.1. The Labute approximate surface area is 117 Å². The SMILES string of the molecule is C[N+](C)(C)CCONC(=O)c1cccc2nccnc12. The maximum atomic E-state index is 12.1. The van der Waals surface area contributed by atoms with E-state index in [0.29, 0.717) is 23.2 Å². The molecule has 1 aromatic carbocycles. The van der Waals surface area contributed by atoms with Crippen LogP contribution >= 0.6 is 0 Å². The van der Waals surface area contributed by atoms with Gasteiger partial charge in [0.05, 0.1) is 32.2 Å². The zero-order chi connectivity index (χ0) is 14.6. The van der Waals surface area contributed by atoms with Gasteiger partial charge in [0.15, 0.2) is 0 Å². The average Bonchev–Trinajstić information content (AvgIpc) is 2.41.